The fraction of sp³-hybridized carbons (Fsp3) is 0.368. The van der Waals surface area contributed by atoms with E-state index in [2.05, 4.69) is 10.3 Å². The molecule has 2 rings (SSSR count). The summed E-state index contributed by atoms with van der Waals surface area (Å²) in [5.74, 6) is 0.0744. The number of esters is 1. The average Bonchev–Trinajstić information content (AvgIpc) is 2.86. The smallest absolute Gasteiger partial charge is 0.340 e. The van der Waals surface area contributed by atoms with Crippen LogP contribution in [0.3, 0.4) is 0 Å². The van der Waals surface area contributed by atoms with Crippen LogP contribution >= 0.6 is 0 Å². The highest BCUT2D eigenvalue weighted by molar-refractivity contribution is 6.00. The second kappa shape index (κ2) is 8.37. The van der Waals surface area contributed by atoms with Crippen LogP contribution < -0.4 is 10.1 Å². The number of benzene rings is 1. The van der Waals surface area contributed by atoms with Crippen LogP contribution in [0.5, 0.6) is 5.75 Å². The molecule has 2 aromatic rings. The fourth-order valence-corrected chi connectivity index (χ4v) is 2.61. The SMILES string of the molecule is CCOC(=O)c1c(C)[nH]c(C(=O)NCCOc2cccc(C)c2)c1C. The minimum Gasteiger partial charge on any atom is -0.492 e. The molecule has 1 amide bonds. The summed E-state index contributed by atoms with van der Waals surface area (Å²) in [7, 11) is 0. The number of hydrogen-bond acceptors (Lipinski definition) is 4. The Kier molecular flexibility index (Phi) is 6.22. The molecule has 0 aliphatic heterocycles. The highest BCUT2D eigenvalue weighted by Crippen LogP contribution is 2.19. The van der Waals surface area contributed by atoms with Crippen molar-refractivity contribution in [3.63, 3.8) is 0 Å². The van der Waals surface area contributed by atoms with E-state index in [9.17, 15) is 9.59 Å². The first-order valence-corrected chi connectivity index (χ1v) is 8.28. The molecule has 2 N–H and O–H groups in total. The van der Waals surface area contributed by atoms with E-state index in [1.807, 2.05) is 31.2 Å². The van der Waals surface area contributed by atoms with E-state index in [0.717, 1.165) is 11.3 Å². The molecule has 0 saturated heterocycles. The van der Waals surface area contributed by atoms with Crippen molar-refractivity contribution in [3.05, 3.63) is 52.3 Å². The Morgan fingerprint density at radius 2 is 1.96 bits per heavy atom. The molecule has 0 spiro atoms. The third kappa shape index (κ3) is 4.62. The van der Waals surface area contributed by atoms with Crippen molar-refractivity contribution >= 4 is 11.9 Å². The number of carbonyl (C=O) groups is 2. The summed E-state index contributed by atoms with van der Waals surface area (Å²) in [6, 6.07) is 7.72. The van der Waals surface area contributed by atoms with Gasteiger partial charge in [-0.05, 0) is 51.0 Å². The first-order chi connectivity index (χ1) is 11.9. The summed E-state index contributed by atoms with van der Waals surface area (Å²) in [6.07, 6.45) is 0. The summed E-state index contributed by atoms with van der Waals surface area (Å²) in [5, 5.41) is 2.79. The van der Waals surface area contributed by atoms with Crippen LogP contribution in [0, 0.1) is 20.8 Å². The number of H-pyrrole nitrogens is 1. The molecule has 0 atom stereocenters. The number of hydrogen-bond donors (Lipinski definition) is 2. The zero-order valence-corrected chi connectivity index (χ0v) is 15.1. The van der Waals surface area contributed by atoms with E-state index in [4.69, 9.17) is 9.47 Å². The number of amides is 1. The monoisotopic (exact) mass is 344 g/mol. The van der Waals surface area contributed by atoms with E-state index in [-0.39, 0.29) is 5.91 Å². The van der Waals surface area contributed by atoms with Crippen molar-refractivity contribution in [1.82, 2.24) is 10.3 Å². The maximum atomic E-state index is 12.3. The number of aryl methyl sites for hydroxylation is 2. The predicted molar refractivity (Wildman–Crippen MR) is 95.2 cm³/mol. The number of aromatic amines is 1. The molecule has 0 aliphatic carbocycles. The number of carbonyl (C=O) groups excluding carboxylic acids is 2. The van der Waals surface area contributed by atoms with Crippen molar-refractivity contribution in [1.29, 1.82) is 0 Å². The van der Waals surface area contributed by atoms with E-state index in [1.165, 1.54) is 0 Å². The van der Waals surface area contributed by atoms with Gasteiger partial charge in [-0.2, -0.15) is 0 Å². The predicted octanol–water partition coefficient (Wildman–Crippen LogP) is 2.93. The van der Waals surface area contributed by atoms with Crippen molar-refractivity contribution in [2.45, 2.75) is 27.7 Å². The van der Waals surface area contributed by atoms with Crippen LogP contribution in [0.2, 0.25) is 0 Å². The molecule has 1 heterocycles. The summed E-state index contributed by atoms with van der Waals surface area (Å²) in [4.78, 5) is 27.3. The van der Waals surface area contributed by atoms with Crippen molar-refractivity contribution < 1.29 is 19.1 Å². The first kappa shape index (κ1) is 18.6. The molecule has 0 saturated carbocycles. The lowest BCUT2D eigenvalue weighted by atomic mass is 10.1. The van der Waals surface area contributed by atoms with Gasteiger partial charge in [0.1, 0.15) is 18.1 Å². The maximum Gasteiger partial charge on any atom is 0.340 e. The zero-order chi connectivity index (χ0) is 18.4. The Morgan fingerprint density at radius 3 is 2.64 bits per heavy atom. The molecule has 1 aromatic heterocycles. The zero-order valence-electron chi connectivity index (χ0n) is 15.1. The van der Waals surface area contributed by atoms with Gasteiger partial charge in [-0.25, -0.2) is 4.79 Å². The normalized spacial score (nSPS) is 10.4. The number of rotatable bonds is 7. The molecule has 6 heteroatoms. The van der Waals surface area contributed by atoms with Gasteiger partial charge in [-0.3, -0.25) is 4.79 Å². The lowest BCUT2D eigenvalue weighted by Gasteiger charge is -2.08. The Bertz CT molecular complexity index is 765. The molecule has 0 unspecified atom stereocenters. The van der Waals surface area contributed by atoms with Crippen LogP contribution in [-0.2, 0) is 4.74 Å². The Balaban J connectivity index is 1.93. The summed E-state index contributed by atoms with van der Waals surface area (Å²) < 4.78 is 10.6. The molecule has 0 radical (unpaired) electrons. The molecule has 0 fully saturated rings. The standard InChI is InChI=1S/C19H24N2O4/c1-5-24-19(23)16-13(3)17(21-14(16)4)18(22)20-9-10-25-15-8-6-7-12(2)11-15/h6-8,11,21H,5,9-10H2,1-4H3,(H,20,22). The Labute approximate surface area is 147 Å². The quantitative estimate of drug-likeness (QED) is 0.598. The van der Waals surface area contributed by atoms with Gasteiger partial charge in [0.05, 0.1) is 18.7 Å². The van der Waals surface area contributed by atoms with Crippen LogP contribution in [0.1, 0.15) is 44.6 Å². The Morgan fingerprint density at radius 1 is 1.20 bits per heavy atom. The van der Waals surface area contributed by atoms with Crippen molar-refractivity contribution in [2.24, 2.45) is 0 Å². The van der Waals surface area contributed by atoms with Crippen LogP contribution in [0.4, 0.5) is 0 Å². The van der Waals surface area contributed by atoms with Gasteiger partial charge < -0.3 is 19.8 Å². The average molecular weight is 344 g/mol. The highest BCUT2D eigenvalue weighted by atomic mass is 16.5. The Hall–Kier alpha value is -2.76. The van der Waals surface area contributed by atoms with E-state index < -0.39 is 5.97 Å². The van der Waals surface area contributed by atoms with Crippen LogP contribution in [-0.4, -0.2) is 36.6 Å². The lowest BCUT2D eigenvalue weighted by molar-refractivity contribution is 0.0525. The van der Waals surface area contributed by atoms with Crippen molar-refractivity contribution in [3.8, 4) is 5.75 Å². The second-order valence-corrected chi connectivity index (χ2v) is 5.77. The highest BCUT2D eigenvalue weighted by Gasteiger charge is 2.22. The van der Waals surface area contributed by atoms with Crippen LogP contribution in [0.25, 0.3) is 0 Å². The topological polar surface area (TPSA) is 80.4 Å². The summed E-state index contributed by atoms with van der Waals surface area (Å²) in [6.45, 7) is 8.23. The van der Waals surface area contributed by atoms with Gasteiger partial charge in [-0.1, -0.05) is 12.1 Å². The van der Waals surface area contributed by atoms with Gasteiger partial charge in [0.2, 0.25) is 0 Å². The van der Waals surface area contributed by atoms with Gasteiger partial charge in [0.25, 0.3) is 5.91 Å². The van der Waals surface area contributed by atoms with E-state index >= 15 is 0 Å². The number of aromatic nitrogens is 1. The lowest BCUT2D eigenvalue weighted by Crippen LogP contribution is -2.29. The van der Waals surface area contributed by atoms with Gasteiger partial charge in [0, 0.05) is 5.69 Å². The van der Waals surface area contributed by atoms with Crippen LogP contribution in [0.15, 0.2) is 24.3 Å². The second-order valence-electron chi connectivity index (χ2n) is 5.77. The summed E-state index contributed by atoms with van der Waals surface area (Å²) >= 11 is 0. The molecule has 6 nitrogen and oxygen atoms in total. The third-order valence-electron chi connectivity index (χ3n) is 3.79. The van der Waals surface area contributed by atoms with E-state index in [1.54, 1.807) is 20.8 Å². The molecule has 1 aromatic carbocycles. The minimum atomic E-state index is -0.421. The fourth-order valence-electron chi connectivity index (χ4n) is 2.61. The first-order valence-electron chi connectivity index (χ1n) is 8.28. The number of nitrogens with one attached hydrogen (secondary N) is 2. The van der Waals surface area contributed by atoms with Gasteiger partial charge in [0.15, 0.2) is 0 Å². The minimum absolute atomic E-state index is 0.274. The largest absolute Gasteiger partial charge is 0.492 e. The molecule has 134 valence electrons. The number of ether oxygens (including phenoxy) is 2. The molecule has 25 heavy (non-hydrogen) atoms. The summed E-state index contributed by atoms with van der Waals surface area (Å²) in [5.41, 5.74) is 3.12. The van der Waals surface area contributed by atoms with Gasteiger partial charge >= 0.3 is 5.97 Å². The molecule has 0 bridgehead atoms. The van der Waals surface area contributed by atoms with Gasteiger partial charge in [-0.15, -0.1) is 0 Å². The molecular formula is C19H24N2O4. The molecule has 0 aliphatic rings. The molecular weight excluding hydrogens is 320 g/mol. The maximum absolute atomic E-state index is 12.3. The van der Waals surface area contributed by atoms with E-state index in [0.29, 0.717) is 42.3 Å². The van der Waals surface area contributed by atoms with Crippen molar-refractivity contribution in [2.75, 3.05) is 19.8 Å². The third-order valence-corrected chi connectivity index (χ3v) is 3.79.